The van der Waals surface area contributed by atoms with Gasteiger partial charge in [-0.25, -0.2) is 5.43 Å². The van der Waals surface area contributed by atoms with Crippen molar-refractivity contribution >= 4 is 23.2 Å². The highest BCUT2D eigenvalue weighted by Gasteiger charge is 2.18. The molecule has 1 fully saturated rings. The Bertz CT molecular complexity index is 966. The van der Waals surface area contributed by atoms with E-state index in [1.807, 2.05) is 0 Å². The number of carbonyl (C=O) groups is 2. The number of nitro groups is 1. The molecule has 3 rings (SSSR count). The van der Waals surface area contributed by atoms with Crippen molar-refractivity contribution in [2.75, 3.05) is 19.7 Å². The maximum atomic E-state index is 12.2. The van der Waals surface area contributed by atoms with Crippen molar-refractivity contribution in [2.24, 2.45) is 5.10 Å². The van der Waals surface area contributed by atoms with E-state index in [9.17, 15) is 19.7 Å². The first-order valence-corrected chi connectivity index (χ1v) is 9.54. The molecule has 1 aliphatic heterocycles. The fourth-order valence-electron chi connectivity index (χ4n) is 3.02. The highest BCUT2D eigenvalue weighted by Crippen LogP contribution is 2.15. The van der Waals surface area contributed by atoms with Gasteiger partial charge in [-0.15, -0.1) is 0 Å². The zero-order chi connectivity index (χ0) is 21.5. The minimum absolute atomic E-state index is 0.00564. The van der Waals surface area contributed by atoms with Crippen LogP contribution in [0.1, 0.15) is 35.7 Å². The van der Waals surface area contributed by atoms with E-state index in [-0.39, 0.29) is 23.8 Å². The molecule has 2 aromatic carbocycles. The number of likely N-dealkylation sites (tertiary alicyclic amines) is 1. The monoisotopic (exact) mass is 410 g/mol. The fourth-order valence-corrected chi connectivity index (χ4v) is 3.02. The Morgan fingerprint density at radius 3 is 2.50 bits per heavy atom. The summed E-state index contributed by atoms with van der Waals surface area (Å²) >= 11 is 0. The van der Waals surface area contributed by atoms with E-state index >= 15 is 0 Å². The lowest BCUT2D eigenvalue weighted by atomic mass is 10.1. The highest BCUT2D eigenvalue weighted by atomic mass is 16.6. The molecule has 9 nitrogen and oxygen atoms in total. The maximum Gasteiger partial charge on any atom is 0.271 e. The summed E-state index contributed by atoms with van der Waals surface area (Å²) in [6.07, 6.45) is 2.08. The Labute approximate surface area is 173 Å². The first-order valence-electron chi connectivity index (χ1n) is 9.54. The van der Waals surface area contributed by atoms with E-state index in [0.717, 1.165) is 31.5 Å². The number of hydrogen-bond donors (Lipinski definition) is 1. The molecule has 0 radical (unpaired) electrons. The van der Waals surface area contributed by atoms with Crippen LogP contribution in [-0.4, -0.2) is 47.0 Å². The van der Waals surface area contributed by atoms with Crippen molar-refractivity contribution in [1.29, 1.82) is 0 Å². The topological polar surface area (TPSA) is 114 Å². The van der Waals surface area contributed by atoms with Crippen LogP contribution in [0.4, 0.5) is 5.69 Å². The third-order valence-electron chi connectivity index (χ3n) is 4.74. The molecule has 0 saturated carbocycles. The predicted octanol–water partition coefficient (Wildman–Crippen LogP) is 2.75. The normalized spacial score (nSPS) is 13.8. The molecular formula is C21H22N4O5. The summed E-state index contributed by atoms with van der Waals surface area (Å²) in [4.78, 5) is 36.3. The Kier molecular flexibility index (Phi) is 6.74. The van der Waals surface area contributed by atoms with Gasteiger partial charge in [-0.2, -0.15) is 5.10 Å². The minimum atomic E-state index is -0.562. The molecule has 0 spiro atoms. The van der Waals surface area contributed by atoms with Crippen molar-refractivity contribution in [2.45, 2.75) is 19.8 Å². The SMILES string of the molecule is C/C(=N/NC(=O)c1cccc([N+](=O)[O-])c1)c1ccc(OCC(=O)N2CCCC2)cc1. The smallest absolute Gasteiger partial charge is 0.271 e. The van der Waals surface area contributed by atoms with Crippen LogP contribution in [0.15, 0.2) is 53.6 Å². The summed E-state index contributed by atoms with van der Waals surface area (Å²) in [5, 5.41) is 14.9. The molecule has 1 aliphatic rings. The average Bonchev–Trinajstić information content (AvgIpc) is 3.31. The third-order valence-corrected chi connectivity index (χ3v) is 4.74. The van der Waals surface area contributed by atoms with Gasteiger partial charge in [0.05, 0.1) is 10.6 Å². The van der Waals surface area contributed by atoms with Gasteiger partial charge in [-0.05, 0) is 55.7 Å². The highest BCUT2D eigenvalue weighted by molar-refractivity contribution is 6.01. The standard InChI is InChI=1S/C21H22N4O5/c1-15(22-23-21(27)17-5-4-6-18(13-17)25(28)29)16-7-9-19(10-8-16)30-14-20(26)24-11-2-3-12-24/h4-10,13H,2-3,11-12,14H2,1H3,(H,23,27)/b22-15-. The van der Waals surface area contributed by atoms with Crippen LogP contribution < -0.4 is 10.2 Å². The number of amides is 2. The number of nitrogens with one attached hydrogen (secondary N) is 1. The molecule has 0 unspecified atom stereocenters. The molecule has 2 aromatic rings. The number of nitrogens with zero attached hydrogens (tertiary/aromatic N) is 3. The summed E-state index contributed by atoms with van der Waals surface area (Å²) in [7, 11) is 0. The molecule has 2 amide bonds. The van der Waals surface area contributed by atoms with Crippen molar-refractivity contribution in [3.05, 3.63) is 69.8 Å². The molecule has 9 heteroatoms. The van der Waals surface area contributed by atoms with E-state index in [1.54, 1.807) is 36.1 Å². The Morgan fingerprint density at radius 1 is 1.13 bits per heavy atom. The lowest BCUT2D eigenvalue weighted by Gasteiger charge is -2.15. The molecule has 1 N–H and O–H groups in total. The largest absolute Gasteiger partial charge is 0.484 e. The number of hydrogen-bond acceptors (Lipinski definition) is 6. The van der Waals surface area contributed by atoms with Crippen LogP contribution >= 0.6 is 0 Å². The minimum Gasteiger partial charge on any atom is -0.484 e. The van der Waals surface area contributed by atoms with Crippen molar-refractivity contribution < 1.29 is 19.2 Å². The van der Waals surface area contributed by atoms with Gasteiger partial charge in [0, 0.05) is 30.8 Å². The predicted molar refractivity (Wildman–Crippen MR) is 111 cm³/mol. The van der Waals surface area contributed by atoms with Gasteiger partial charge in [-0.3, -0.25) is 19.7 Å². The lowest BCUT2D eigenvalue weighted by Crippen LogP contribution is -2.32. The van der Waals surface area contributed by atoms with Crippen LogP contribution in [0.3, 0.4) is 0 Å². The van der Waals surface area contributed by atoms with Gasteiger partial charge in [-0.1, -0.05) is 6.07 Å². The van der Waals surface area contributed by atoms with E-state index < -0.39 is 10.8 Å². The molecule has 0 bridgehead atoms. The molecule has 30 heavy (non-hydrogen) atoms. The summed E-state index contributed by atoms with van der Waals surface area (Å²) in [5.74, 6) is 0.0105. The van der Waals surface area contributed by atoms with Gasteiger partial charge in [0.15, 0.2) is 6.61 Å². The summed E-state index contributed by atoms with van der Waals surface area (Å²) in [6, 6.07) is 12.4. The molecule has 1 saturated heterocycles. The number of rotatable bonds is 7. The second kappa shape index (κ2) is 9.64. The van der Waals surface area contributed by atoms with Crippen LogP contribution in [0.2, 0.25) is 0 Å². The number of carbonyl (C=O) groups excluding carboxylic acids is 2. The molecular weight excluding hydrogens is 388 g/mol. The van der Waals surface area contributed by atoms with Crippen LogP contribution in [0, 0.1) is 10.1 Å². The second-order valence-electron chi connectivity index (χ2n) is 6.85. The van der Waals surface area contributed by atoms with Gasteiger partial charge in [0.2, 0.25) is 0 Å². The summed E-state index contributed by atoms with van der Waals surface area (Å²) in [6.45, 7) is 3.31. The number of benzene rings is 2. The van der Waals surface area contributed by atoms with Gasteiger partial charge in [0.1, 0.15) is 5.75 Å². The van der Waals surface area contributed by atoms with Crippen molar-refractivity contribution in [3.63, 3.8) is 0 Å². The van der Waals surface area contributed by atoms with E-state index in [2.05, 4.69) is 10.5 Å². The molecule has 156 valence electrons. The molecule has 0 aromatic heterocycles. The van der Waals surface area contributed by atoms with Crippen LogP contribution in [0.5, 0.6) is 5.75 Å². The molecule has 0 aliphatic carbocycles. The number of ether oxygens (including phenoxy) is 1. The number of non-ortho nitro benzene ring substituents is 1. The molecule has 1 heterocycles. The van der Waals surface area contributed by atoms with Crippen molar-refractivity contribution in [1.82, 2.24) is 10.3 Å². The third kappa shape index (κ3) is 5.40. The lowest BCUT2D eigenvalue weighted by molar-refractivity contribution is -0.384. The number of nitro benzene ring substituents is 1. The quantitative estimate of drug-likeness (QED) is 0.428. The van der Waals surface area contributed by atoms with E-state index in [1.165, 1.54) is 24.3 Å². The van der Waals surface area contributed by atoms with E-state index in [4.69, 9.17) is 4.74 Å². The van der Waals surface area contributed by atoms with Crippen molar-refractivity contribution in [3.8, 4) is 5.75 Å². The Balaban J connectivity index is 1.55. The zero-order valence-electron chi connectivity index (χ0n) is 16.5. The van der Waals surface area contributed by atoms with Gasteiger partial charge < -0.3 is 9.64 Å². The first-order chi connectivity index (χ1) is 14.4. The average molecular weight is 410 g/mol. The second-order valence-corrected chi connectivity index (χ2v) is 6.85. The Morgan fingerprint density at radius 2 is 1.83 bits per heavy atom. The fraction of sp³-hybridized carbons (Fsp3) is 0.286. The van der Waals surface area contributed by atoms with Gasteiger partial charge >= 0.3 is 0 Å². The summed E-state index contributed by atoms with van der Waals surface area (Å²) < 4.78 is 5.55. The first kappa shape index (κ1) is 21.0. The zero-order valence-corrected chi connectivity index (χ0v) is 16.5. The number of hydrazone groups is 1. The van der Waals surface area contributed by atoms with Gasteiger partial charge in [0.25, 0.3) is 17.5 Å². The maximum absolute atomic E-state index is 12.2. The molecule has 0 atom stereocenters. The summed E-state index contributed by atoms with van der Waals surface area (Å²) in [5.41, 5.74) is 3.68. The van der Waals surface area contributed by atoms with E-state index in [0.29, 0.717) is 11.5 Å². The van der Waals surface area contributed by atoms with Crippen LogP contribution in [0.25, 0.3) is 0 Å². The Hall–Kier alpha value is -3.75. The van der Waals surface area contributed by atoms with Crippen LogP contribution in [-0.2, 0) is 4.79 Å².